The summed E-state index contributed by atoms with van der Waals surface area (Å²) in [6, 6.07) is 8.50. The van der Waals surface area contributed by atoms with Crippen molar-refractivity contribution in [2.75, 3.05) is 11.9 Å². The van der Waals surface area contributed by atoms with E-state index >= 15 is 0 Å². The Bertz CT molecular complexity index is 522. The van der Waals surface area contributed by atoms with E-state index in [2.05, 4.69) is 44.8 Å². The van der Waals surface area contributed by atoms with Crippen LogP contribution in [0.25, 0.3) is 0 Å². The first-order valence-corrected chi connectivity index (χ1v) is 8.71. The molecule has 3 heteroatoms. The lowest BCUT2D eigenvalue weighted by molar-refractivity contribution is 0.176. The largest absolute Gasteiger partial charge is 0.322 e. The molecule has 0 unspecified atom stereocenters. The smallest absolute Gasteiger partial charge is 0.318 e. The molecule has 0 bridgehead atoms. The van der Waals surface area contributed by atoms with Gasteiger partial charge in [0, 0.05) is 18.3 Å². The van der Waals surface area contributed by atoms with Crippen molar-refractivity contribution >= 4 is 11.7 Å². The highest BCUT2D eigenvalue weighted by molar-refractivity contribution is 5.89. The number of carbonyl (C=O) groups is 1. The summed E-state index contributed by atoms with van der Waals surface area (Å²) >= 11 is 0. The topological polar surface area (TPSA) is 32.3 Å². The molecule has 0 heterocycles. The molecule has 0 spiro atoms. The molecule has 1 saturated carbocycles. The maximum atomic E-state index is 12.7. The lowest BCUT2D eigenvalue weighted by Crippen LogP contribution is -2.43. The van der Waals surface area contributed by atoms with Gasteiger partial charge in [0.25, 0.3) is 0 Å². The van der Waals surface area contributed by atoms with E-state index in [0.29, 0.717) is 12.6 Å². The Morgan fingerprint density at radius 3 is 2.35 bits per heavy atom. The van der Waals surface area contributed by atoms with Crippen LogP contribution in [0.5, 0.6) is 0 Å². The first-order valence-electron chi connectivity index (χ1n) is 8.71. The number of carbonyl (C=O) groups excluding carboxylic acids is 1. The molecule has 1 aromatic rings. The Kier molecular flexibility index (Phi) is 5.86. The number of anilines is 1. The van der Waals surface area contributed by atoms with Crippen LogP contribution in [0.15, 0.2) is 36.9 Å². The maximum absolute atomic E-state index is 12.7. The van der Waals surface area contributed by atoms with E-state index in [4.69, 9.17) is 0 Å². The lowest BCUT2D eigenvalue weighted by Gasteiger charge is -2.33. The molecule has 0 saturated heterocycles. The van der Waals surface area contributed by atoms with E-state index in [1.54, 1.807) is 0 Å². The molecule has 1 aromatic carbocycles. The van der Waals surface area contributed by atoms with Gasteiger partial charge in [0.1, 0.15) is 0 Å². The number of rotatable bonds is 4. The first-order chi connectivity index (χ1) is 10.9. The molecule has 1 N–H and O–H groups in total. The average Bonchev–Trinajstić information content (AvgIpc) is 2.53. The molecule has 0 aliphatic heterocycles. The zero-order valence-electron chi connectivity index (χ0n) is 14.8. The third kappa shape index (κ3) is 4.85. The fraction of sp³-hybridized carbons (Fsp3) is 0.550. The highest BCUT2D eigenvalue weighted by atomic mass is 16.2. The van der Waals surface area contributed by atoms with Crippen LogP contribution in [0, 0.1) is 0 Å². The predicted molar refractivity (Wildman–Crippen MR) is 97.9 cm³/mol. The fourth-order valence-corrected chi connectivity index (χ4v) is 3.18. The van der Waals surface area contributed by atoms with Gasteiger partial charge < -0.3 is 10.2 Å². The third-order valence-electron chi connectivity index (χ3n) is 4.60. The van der Waals surface area contributed by atoms with Gasteiger partial charge in [-0.2, -0.15) is 0 Å². The summed E-state index contributed by atoms with van der Waals surface area (Å²) in [6.45, 7) is 11.0. The molecule has 1 aliphatic carbocycles. The molecular formula is C20H30N2O. The van der Waals surface area contributed by atoms with Gasteiger partial charge >= 0.3 is 6.03 Å². The maximum Gasteiger partial charge on any atom is 0.322 e. The molecule has 2 rings (SSSR count). The Balaban J connectivity index is 2.04. The minimum Gasteiger partial charge on any atom is -0.318 e. The predicted octanol–water partition coefficient (Wildman–Crippen LogP) is 5.34. The average molecular weight is 314 g/mol. The van der Waals surface area contributed by atoms with E-state index in [9.17, 15) is 4.79 Å². The van der Waals surface area contributed by atoms with E-state index in [1.807, 2.05) is 23.1 Å². The van der Waals surface area contributed by atoms with Gasteiger partial charge in [-0.3, -0.25) is 0 Å². The van der Waals surface area contributed by atoms with Crippen molar-refractivity contribution in [1.82, 2.24) is 4.90 Å². The molecule has 126 valence electrons. The molecular weight excluding hydrogens is 284 g/mol. The Morgan fingerprint density at radius 1 is 1.22 bits per heavy atom. The second-order valence-corrected chi connectivity index (χ2v) is 7.49. The summed E-state index contributed by atoms with van der Waals surface area (Å²) in [5.41, 5.74) is 2.25. The Hall–Kier alpha value is -1.77. The molecule has 1 aliphatic rings. The monoisotopic (exact) mass is 314 g/mol. The molecule has 0 radical (unpaired) electrons. The number of nitrogens with zero attached hydrogens (tertiary/aromatic N) is 1. The molecule has 0 aromatic heterocycles. The van der Waals surface area contributed by atoms with Gasteiger partial charge in [-0.15, -0.1) is 6.58 Å². The minimum absolute atomic E-state index is 0.0136. The van der Waals surface area contributed by atoms with E-state index in [1.165, 1.54) is 24.8 Å². The van der Waals surface area contributed by atoms with Crippen LogP contribution in [0.2, 0.25) is 0 Å². The van der Waals surface area contributed by atoms with Crippen LogP contribution in [0.4, 0.5) is 10.5 Å². The third-order valence-corrected chi connectivity index (χ3v) is 4.60. The standard InChI is InChI=1S/C20H30N2O/c1-5-15-22(18-9-7-6-8-10-18)19(23)21-17-13-11-16(12-14-17)20(2,3)4/h5,11-14,18H,1,6-10,15H2,2-4H3,(H,21,23). The minimum atomic E-state index is -0.0136. The molecule has 3 nitrogen and oxygen atoms in total. The number of amides is 2. The van der Waals surface area contributed by atoms with Crippen LogP contribution in [-0.4, -0.2) is 23.5 Å². The van der Waals surface area contributed by atoms with Crippen molar-refractivity contribution < 1.29 is 4.79 Å². The Labute approximate surface area is 140 Å². The highest BCUT2D eigenvalue weighted by Crippen LogP contribution is 2.25. The van der Waals surface area contributed by atoms with Gasteiger partial charge in [-0.1, -0.05) is 58.2 Å². The van der Waals surface area contributed by atoms with Crippen molar-refractivity contribution in [3.05, 3.63) is 42.5 Å². The second-order valence-electron chi connectivity index (χ2n) is 7.49. The summed E-state index contributed by atoms with van der Waals surface area (Å²) in [5, 5.41) is 3.04. The van der Waals surface area contributed by atoms with E-state index in [0.717, 1.165) is 18.5 Å². The van der Waals surface area contributed by atoms with Gasteiger partial charge in [0.05, 0.1) is 0 Å². The van der Waals surface area contributed by atoms with Gasteiger partial charge in [-0.05, 0) is 36.0 Å². The van der Waals surface area contributed by atoms with Crippen molar-refractivity contribution in [3.8, 4) is 0 Å². The summed E-state index contributed by atoms with van der Waals surface area (Å²) in [7, 11) is 0. The van der Waals surface area contributed by atoms with Crippen molar-refractivity contribution in [3.63, 3.8) is 0 Å². The molecule has 1 fully saturated rings. The summed E-state index contributed by atoms with van der Waals surface area (Å²) in [5.74, 6) is 0. The van der Waals surface area contributed by atoms with Crippen molar-refractivity contribution in [1.29, 1.82) is 0 Å². The second kappa shape index (κ2) is 7.67. The van der Waals surface area contributed by atoms with Crippen LogP contribution in [0.3, 0.4) is 0 Å². The molecule has 2 amide bonds. The molecule has 23 heavy (non-hydrogen) atoms. The zero-order chi connectivity index (χ0) is 16.9. The molecule has 0 atom stereocenters. The number of benzene rings is 1. The van der Waals surface area contributed by atoms with E-state index in [-0.39, 0.29) is 11.4 Å². The SMILES string of the molecule is C=CCN(C(=O)Nc1ccc(C(C)(C)C)cc1)C1CCCCC1. The van der Waals surface area contributed by atoms with Crippen molar-refractivity contribution in [2.24, 2.45) is 0 Å². The van der Waals surface area contributed by atoms with Gasteiger partial charge in [0.2, 0.25) is 0 Å². The van der Waals surface area contributed by atoms with E-state index < -0.39 is 0 Å². The fourth-order valence-electron chi connectivity index (χ4n) is 3.18. The summed E-state index contributed by atoms with van der Waals surface area (Å²) in [6.07, 6.45) is 7.73. The van der Waals surface area contributed by atoms with Crippen molar-refractivity contribution in [2.45, 2.75) is 64.3 Å². The van der Waals surface area contributed by atoms with Crippen LogP contribution in [-0.2, 0) is 5.41 Å². The summed E-state index contributed by atoms with van der Waals surface area (Å²) < 4.78 is 0. The normalized spacial score (nSPS) is 16.0. The van der Waals surface area contributed by atoms with Gasteiger partial charge in [-0.25, -0.2) is 4.79 Å². The lowest BCUT2D eigenvalue weighted by atomic mass is 9.87. The zero-order valence-corrected chi connectivity index (χ0v) is 14.8. The number of urea groups is 1. The number of hydrogen-bond acceptors (Lipinski definition) is 1. The summed E-state index contributed by atoms with van der Waals surface area (Å²) in [4.78, 5) is 14.6. The Morgan fingerprint density at radius 2 is 1.83 bits per heavy atom. The van der Waals surface area contributed by atoms with Gasteiger partial charge in [0.15, 0.2) is 0 Å². The highest BCUT2D eigenvalue weighted by Gasteiger charge is 2.24. The first kappa shape index (κ1) is 17.6. The quantitative estimate of drug-likeness (QED) is 0.748. The van der Waals surface area contributed by atoms with Crippen LogP contribution >= 0.6 is 0 Å². The van der Waals surface area contributed by atoms with Crippen LogP contribution in [0.1, 0.15) is 58.4 Å². The number of hydrogen-bond donors (Lipinski definition) is 1. The van der Waals surface area contributed by atoms with Crippen LogP contribution < -0.4 is 5.32 Å². The number of nitrogens with one attached hydrogen (secondary N) is 1.